The number of carbonyl (C=O) groups is 3. The Kier molecular flexibility index (Phi) is 4.27. The van der Waals surface area contributed by atoms with E-state index >= 15 is 0 Å². The van der Waals surface area contributed by atoms with Crippen LogP contribution in [-0.4, -0.2) is 65.3 Å². The summed E-state index contributed by atoms with van der Waals surface area (Å²) in [6, 6.07) is -2.27. The molecule has 126 valence electrons. The topological polar surface area (TPSA) is 150 Å². The smallest absolute Gasteiger partial charge is 0.341 e. The van der Waals surface area contributed by atoms with Crippen molar-refractivity contribution >= 4 is 28.1 Å². The normalized spacial score (nSPS) is 16.5. The SMILES string of the molecule is Cc1cc(C(NC(=O)N2CCN(S(C)(=O)=O)C2=O)C(=O)O)no1. The van der Waals surface area contributed by atoms with Crippen LogP contribution in [0.15, 0.2) is 10.6 Å². The number of amides is 4. The second kappa shape index (κ2) is 5.87. The highest BCUT2D eigenvalue weighted by molar-refractivity contribution is 7.88. The van der Waals surface area contributed by atoms with Gasteiger partial charge in [0, 0.05) is 6.07 Å². The molecule has 2 rings (SSSR count). The van der Waals surface area contributed by atoms with Gasteiger partial charge in [-0.2, -0.15) is 0 Å². The van der Waals surface area contributed by atoms with Crippen LogP contribution >= 0.6 is 0 Å². The molecule has 0 aliphatic carbocycles. The predicted molar refractivity (Wildman–Crippen MR) is 73.8 cm³/mol. The summed E-state index contributed by atoms with van der Waals surface area (Å²) >= 11 is 0. The molecule has 1 fully saturated rings. The fourth-order valence-electron chi connectivity index (χ4n) is 2.00. The number of nitrogens with zero attached hydrogens (tertiary/aromatic N) is 3. The summed E-state index contributed by atoms with van der Waals surface area (Å²) in [7, 11) is -3.79. The van der Waals surface area contributed by atoms with E-state index in [4.69, 9.17) is 9.63 Å². The van der Waals surface area contributed by atoms with E-state index < -0.39 is 34.1 Å². The summed E-state index contributed by atoms with van der Waals surface area (Å²) in [5.41, 5.74) is -0.0463. The van der Waals surface area contributed by atoms with E-state index in [0.717, 1.165) is 6.26 Å². The number of hydrogen-bond donors (Lipinski definition) is 2. The molecular weight excluding hydrogens is 332 g/mol. The zero-order valence-electron chi connectivity index (χ0n) is 12.2. The first-order valence-electron chi connectivity index (χ1n) is 6.37. The third-order valence-electron chi connectivity index (χ3n) is 3.07. The highest BCUT2D eigenvalue weighted by atomic mass is 32.2. The van der Waals surface area contributed by atoms with Crippen LogP contribution < -0.4 is 5.32 Å². The lowest BCUT2D eigenvalue weighted by Gasteiger charge is -2.18. The number of rotatable bonds is 4. The molecule has 1 aliphatic rings. The standard InChI is InChI=1S/C11H14N4O7S/c1-6-5-7(13-22-6)8(9(16)17)12-10(18)14-3-4-15(11(14)19)23(2,20)21/h5,8H,3-4H2,1-2H3,(H,12,18)(H,16,17). The first kappa shape index (κ1) is 16.7. The molecule has 0 bridgehead atoms. The highest BCUT2D eigenvalue weighted by Gasteiger charge is 2.39. The van der Waals surface area contributed by atoms with Crippen molar-refractivity contribution in [1.82, 2.24) is 19.7 Å². The molecule has 0 aromatic carbocycles. The Morgan fingerprint density at radius 2 is 2.09 bits per heavy atom. The van der Waals surface area contributed by atoms with Crippen LogP contribution in [0.5, 0.6) is 0 Å². The van der Waals surface area contributed by atoms with Crippen molar-refractivity contribution in [3.63, 3.8) is 0 Å². The van der Waals surface area contributed by atoms with Crippen LogP contribution in [0.1, 0.15) is 17.5 Å². The van der Waals surface area contributed by atoms with Crippen LogP contribution in [0.2, 0.25) is 0 Å². The molecule has 2 heterocycles. The highest BCUT2D eigenvalue weighted by Crippen LogP contribution is 2.16. The summed E-state index contributed by atoms with van der Waals surface area (Å²) < 4.78 is 28.1. The Bertz CT molecular complexity index is 756. The van der Waals surface area contributed by atoms with Gasteiger partial charge in [0.1, 0.15) is 11.5 Å². The largest absolute Gasteiger partial charge is 0.479 e. The van der Waals surface area contributed by atoms with Gasteiger partial charge in [0.2, 0.25) is 10.0 Å². The molecule has 11 nitrogen and oxygen atoms in total. The quantitative estimate of drug-likeness (QED) is 0.741. The van der Waals surface area contributed by atoms with E-state index in [9.17, 15) is 22.8 Å². The van der Waals surface area contributed by atoms with Crippen molar-refractivity contribution in [2.24, 2.45) is 0 Å². The number of imide groups is 1. The fourth-order valence-corrected chi connectivity index (χ4v) is 2.79. The number of hydrogen-bond acceptors (Lipinski definition) is 7. The molecule has 4 amide bonds. The average molecular weight is 346 g/mol. The number of sulfonamides is 1. The van der Waals surface area contributed by atoms with E-state index in [1.807, 2.05) is 0 Å². The van der Waals surface area contributed by atoms with Crippen LogP contribution in [0, 0.1) is 6.92 Å². The van der Waals surface area contributed by atoms with Crippen molar-refractivity contribution in [3.8, 4) is 0 Å². The lowest BCUT2D eigenvalue weighted by atomic mass is 10.2. The summed E-state index contributed by atoms with van der Waals surface area (Å²) in [4.78, 5) is 35.9. The molecule has 0 saturated carbocycles. The zero-order valence-corrected chi connectivity index (χ0v) is 13.0. The van der Waals surface area contributed by atoms with Crippen molar-refractivity contribution in [2.45, 2.75) is 13.0 Å². The minimum absolute atomic E-state index is 0.0463. The monoisotopic (exact) mass is 346 g/mol. The maximum atomic E-state index is 12.1. The number of carboxylic acid groups (broad SMARTS) is 1. The number of carboxylic acids is 1. The van der Waals surface area contributed by atoms with Crippen molar-refractivity contribution in [1.29, 1.82) is 0 Å². The Labute approximate surface area is 130 Å². The molecule has 1 atom stereocenters. The van der Waals surface area contributed by atoms with Crippen molar-refractivity contribution in [3.05, 3.63) is 17.5 Å². The van der Waals surface area contributed by atoms with E-state index in [2.05, 4.69) is 10.5 Å². The molecule has 12 heteroatoms. The number of carbonyl (C=O) groups excluding carboxylic acids is 2. The van der Waals surface area contributed by atoms with E-state index in [1.165, 1.54) is 6.07 Å². The van der Waals surface area contributed by atoms with Gasteiger partial charge in [-0.25, -0.2) is 32.0 Å². The number of aryl methyl sites for hydroxylation is 1. The first-order chi connectivity index (χ1) is 10.6. The molecule has 1 saturated heterocycles. The maximum absolute atomic E-state index is 12.1. The summed E-state index contributed by atoms with van der Waals surface area (Å²) in [5.74, 6) is -1.06. The van der Waals surface area contributed by atoms with Crippen molar-refractivity contribution < 1.29 is 32.4 Å². The van der Waals surface area contributed by atoms with E-state index in [-0.39, 0.29) is 18.8 Å². The van der Waals surface area contributed by atoms with Gasteiger partial charge in [-0.1, -0.05) is 5.16 Å². The summed E-state index contributed by atoms with van der Waals surface area (Å²) in [6.45, 7) is 1.18. The zero-order chi connectivity index (χ0) is 17.4. The Balaban J connectivity index is 2.14. The number of aromatic nitrogens is 1. The molecule has 1 aromatic rings. The van der Waals surface area contributed by atoms with Gasteiger partial charge in [0.05, 0.1) is 19.3 Å². The lowest BCUT2D eigenvalue weighted by Crippen LogP contribution is -2.46. The molecule has 1 aliphatic heterocycles. The lowest BCUT2D eigenvalue weighted by molar-refractivity contribution is -0.139. The van der Waals surface area contributed by atoms with Crippen LogP contribution in [0.3, 0.4) is 0 Å². The van der Waals surface area contributed by atoms with E-state index in [0.29, 0.717) is 15.0 Å². The molecule has 23 heavy (non-hydrogen) atoms. The number of urea groups is 2. The second-order valence-electron chi connectivity index (χ2n) is 4.85. The number of aliphatic carboxylic acids is 1. The third kappa shape index (κ3) is 3.41. The Morgan fingerprint density at radius 3 is 2.52 bits per heavy atom. The fraction of sp³-hybridized carbons (Fsp3) is 0.455. The number of nitrogens with one attached hydrogen (secondary N) is 1. The van der Waals surface area contributed by atoms with Gasteiger partial charge in [-0.3, -0.25) is 0 Å². The van der Waals surface area contributed by atoms with Gasteiger partial charge in [-0.05, 0) is 6.92 Å². The molecule has 1 aromatic heterocycles. The van der Waals surface area contributed by atoms with Gasteiger partial charge >= 0.3 is 18.0 Å². The molecule has 0 spiro atoms. The van der Waals surface area contributed by atoms with E-state index in [1.54, 1.807) is 6.92 Å². The van der Waals surface area contributed by atoms with Crippen molar-refractivity contribution in [2.75, 3.05) is 19.3 Å². The van der Waals surface area contributed by atoms with Crippen LogP contribution in [0.4, 0.5) is 9.59 Å². The summed E-state index contributed by atoms with van der Waals surface area (Å²) in [5, 5.41) is 14.8. The minimum atomic E-state index is -3.79. The van der Waals surface area contributed by atoms with Crippen LogP contribution in [-0.2, 0) is 14.8 Å². The predicted octanol–water partition coefficient (Wildman–Crippen LogP) is -0.484. The maximum Gasteiger partial charge on any atom is 0.341 e. The molecule has 1 unspecified atom stereocenters. The first-order valence-corrected chi connectivity index (χ1v) is 8.22. The molecular formula is C11H14N4O7S. The summed E-state index contributed by atoms with van der Waals surface area (Å²) in [6.07, 6.45) is 0.838. The molecule has 0 radical (unpaired) electrons. The minimum Gasteiger partial charge on any atom is -0.479 e. The van der Waals surface area contributed by atoms with Gasteiger partial charge in [0.15, 0.2) is 6.04 Å². The Morgan fingerprint density at radius 1 is 1.43 bits per heavy atom. The third-order valence-corrected chi connectivity index (χ3v) is 4.21. The average Bonchev–Trinajstić information content (AvgIpc) is 3.00. The Hall–Kier alpha value is -2.63. The van der Waals surface area contributed by atoms with Gasteiger partial charge in [0.25, 0.3) is 0 Å². The second-order valence-corrected chi connectivity index (χ2v) is 6.76. The molecule has 2 N–H and O–H groups in total. The van der Waals surface area contributed by atoms with Gasteiger partial charge in [-0.15, -0.1) is 0 Å². The van der Waals surface area contributed by atoms with Crippen LogP contribution in [0.25, 0.3) is 0 Å². The van der Waals surface area contributed by atoms with Gasteiger partial charge < -0.3 is 14.9 Å².